The predicted molar refractivity (Wildman–Crippen MR) is 90.3 cm³/mol. The lowest BCUT2D eigenvalue weighted by molar-refractivity contribution is 0.216. The lowest BCUT2D eigenvalue weighted by Crippen LogP contribution is -2.09. The van der Waals surface area contributed by atoms with Crippen molar-refractivity contribution in [2.45, 2.75) is 19.8 Å². The minimum atomic E-state index is 0.396. The largest absolute Gasteiger partial charge is 0.490 e. The van der Waals surface area contributed by atoms with Gasteiger partial charge in [0.15, 0.2) is 0 Å². The summed E-state index contributed by atoms with van der Waals surface area (Å²) < 4.78 is 12.1. The summed E-state index contributed by atoms with van der Waals surface area (Å²) in [6.45, 7) is 3.00. The molecule has 4 heteroatoms. The molecule has 0 N–H and O–H groups in total. The van der Waals surface area contributed by atoms with Gasteiger partial charge in [-0.05, 0) is 42.3 Å². The Morgan fingerprint density at radius 1 is 1.05 bits per heavy atom. The van der Waals surface area contributed by atoms with E-state index in [2.05, 4.69) is 41.1 Å². The van der Waals surface area contributed by atoms with Crippen LogP contribution in [0, 0.1) is 11.3 Å². The SMILES string of the molecule is CCCc1ccc(OCCOc2ccc(Br)cc2C#N)cc1. The summed E-state index contributed by atoms with van der Waals surface area (Å²) in [5, 5.41) is 9.07. The van der Waals surface area contributed by atoms with Crippen LogP contribution in [0.5, 0.6) is 11.5 Å². The molecule has 0 atom stereocenters. The first-order valence-electron chi connectivity index (χ1n) is 7.27. The van der Waals surface area contributed by atoms with Crippen LogP contribution >= 0.6 is 15.9 Å². The zero-order chi connectivity index (χ0) is 15.8. The van der Waals surface area contributed by atoms with Crippen LogP contribution in [0.2, 0.25) is 0 Å². The Balaban J connectivity index is 1.81. The number of hydrogen-bond acceptors (Lipinski definition) is 3. The van der Waals surface area contributed by atoms with Gasteiger partial charge in [0.1, 0.15) is 30.8 Å². The van der Waals surface area contributed by atoms with Crippen molar-refractivity contribution in [3.8, 4) is 17.6 Å². The van der Waals surface area contributed by atoms with Crippen molar-refractivity contribution in [2.75, 3.05) is 13.2 Å². The zero-order valence-electron chi connectivity index (χ0n) is 12.5. The molecular formula is C18H18BrNO2. The molecule has 0 spiro atoms. The summed E-state index contributed by atoms with van der Waals surface area (Å²) >= 11 is 3.34. The minimum absolute atomic E-state index is 0.396. The fourth-order valence-electron chi connectivity index (χ4n) is 2.07. The third-order valence-corrected chi connectivity index (χ3v) is 3.63. The maximum atomic E-state index is 9.07. The fraction of sp³-hybridized carbons (Fsp3) is 0.278. The van der Waals surface area contributed by atoms with Crippen molar-refractivity contribution in [1.82, 2.24) is 0 Å². The standard InChI is InChI=1S/C18H18BrNO2/c1-2-3-14-4-7-17(8-5-14)21-10-11-22-18-9-6-16(19)12-15(18)13-20/h4-9,12H,2-3,10-11H2,1H3. The molecule has 0 saturated carbocycles. The summed E-state index contributed by atoms with van der Waals surface area (Å²) in [4.78, 5) is 0. The Labute approximate surface area is 139 Å². The molecule has 3 nitrogen and oxygen atoms in total. The number of benzene rings is 2. The van der Waals surface area contributed by atoms with E-state index in [1.807, 2.05) is 18.2 Å². The highest BCUT2D eigenvalue weighted by atomic mass is 79.9. The Kier molecular flexibility index (Phi) is 6.29. The summed E-state index contributed by atoms with van der Waals surface area (Å²) in [6, 6.07) is 15.6. The van der Waals surface area contributed by atoms with Gasteiger partial charge in [0.25, 0.3) is 0 Å². The van der Waals surface area contributed by atoms with Crippen LogP contribution in [0.1, 0.15) is 24.5 Å². The lowest BCUT2D eigenvalue weighted by Gasteiger charge is -2.10. The highest BCUT2D eigenvalue weighted by Crippen LogP contribution is 2.22. The first kappa shape index (κ1) is 16.4. The summed E-state index contributed by atoms with van der Waals surface area (Å²) in [5.41, 5.74) is 1.83. The molecule has 0 saturated heterocycles. The van der Waals surface area contributed by atoms with Crippen LogP contribution in [0.25, 0.3) is 0 Å². The molecule has 0 unspecified atom stereocenters. The molecule has 0 bridgehead atoms. The van der Waals surface area contributed by atoms with Gasteiger partial charge >= 0.3 is 0 Å². The Bertz CT molecular complexity index is 647. The maximum Gasteiger partial charge on any atom is 0.137 e. The van der Waals surface area contributed by atoms with E-state index < -0.39 is 0 Å². The molecule has 114 valence electrons. The first-order chi connectivity index (χ1) is 10.7. The van der Waals surface area contributed by atoms with E-state index in [4.69, 9.17) is 14.7 Å². The van der Waals surface area contributed by atoms with E-state index >= 15 is 0 Å². The average molecular weight is 360 g/mol. The van der Waals surface area contributed by atoms with E-state index in [9.17, 15) is 0 Å². The summed E-state index contributed by atoms with van der Waals surface area (Å²) in [6.07, 6.45) is 2.23. The Morgan fingerprint density at radius 2 is 1.77 bits per heavy atom. The molecule has 0 radical (unpaired) electrons. The van der Waals surface area contributed by atoms with Gasteiger partial charge in [-0.2, -0.15) is 5.26 Å². The first-order valence-corrected chi connectivity index (χ1v) is 8.06. The molecule has 2 aromatic carbocycles. The normalized spacial score (nSPS) is 10.0. The van der Waals surface area contributed by atoms with Gasteiger partial charge in [0.05, 0.1) is 5.56 Å². The number of aryl methyl sites for hydroxylation is 1. The van der Waals surface area contributed by atoms with E-state index in [-0.39, 0.29) is 0 Å². The zero-order valence-corrected chi connectivity index (χ0v) is 14.1. The molecule has 0 aliphatic heterocycles. The number of nitrogens with zero attached hydrogens (tertiary/aromatic N) is 1. The fourth-order valence-corrected chi connectivity index (χ4v) is 2.43. The second-order valence-corrected chi connectivity index (χ2v) is 5.76. The van der Waals surface area contributed by atoms with Gasteiger partial charge < -0.3 is 9.47 Å². The number of rotatable bonds is 7. The molecular weight excluding hydrogens is 342 g/mol. The van der Waals surface area contributed by atoms with Crippen molar-refractivity contribution in [1.29, 1.82) is 5.26 Å². The Hall–Kier alpha value is -1.99. The maximum absolute atomic E-state index is 9.07. The van der Waals surface area contributed by atoms with E-state index in [1.165, 1.54) is 5.56 Å². The molecule has 22 heavy (non-hydrogen) atoms. The minimum Gasteiger partial charge on any atom is -0.490 e. The second kappa shape index (κ2) is 8.45. The van der Waals surface area contributed by atoms with Crippen molar-refractivity contribution in [3.05, 3.63) is 58.1 Å². The van der Waals surface area contributed by atoms with Gasteiger partial charge in [-0.25, -0.2) is 0 Å². The number of ether oxygens (including phenoxy) is 2. The average Bonchev–Trinajstić information content (AvgIpc) is 2.54. The summed E-state index contributed by atoms with van der Waals surface area (Å²) in [5.74, 6) is 1.41. The van der Waals surface area contributed by atoms with Gasteiger partial charge in [-0.1, -0.05) is 41.4 Å². The van der Waals surface area contributed by atoms with Gasteiger partial charge in [0.2, 0.25) is 0 Å². The van der Waals surface area contributed by atoms with Crippen LogP contribution in [0.4, 0.5) is 0 Å². The van der Waals surface area contributed by atoms with Crippen LogP contribution < -0.4 is 9.47 Å². The van der Waals surface area contributed by atoms with Crippen LogP contribution in [0.3, 0.4) is 0 Å². The molecule has 2 aromatic rings. The monoisotopic (exact) mass is 359 g/mol. The van der Waals surface area contributed by atoms with Crippen LogP contribution in [0.15, 0.2) is 46.9 Å². The summed E-state index contributed by atoms with van der Waals surface area (Å²) in [7, 11) is 0. The molecule has 2 rings (SSSR count). The molecule has 0 aliphatic rings. The van der Waals surface area contributed by atoms with Crippen molar-refractivity contribution >= 4 is 15.9 Å². The molecule has 0 fully saturated rings. The molecule has 0 amide bonds. The lowest BCUT2D eigenvalue weighted by atomic mass is 10.1. The molecule has 0 aliphatic carbocycles. The quantitative estimate of drug-likeness (QED) is 0.671. The molecule has 0 heterocycles. The van der Waals surface area contributed by atoms with Gasteiger partial charge in [0, 0.05) is 4.47 Å². The van der Waals surface area contributed by atoms with E-state index in [0.717, 1.165) is 23.1 Å². The van der Waals surface area contributed by atoms with Crippen molar-refractivity contribution in [2.24, 2.45) is 0 Å². The number of halogens is 1. The van der Waals surface area contributed by atoms with Crippen LogP contribution in [-0.2, 0) is 6.42 Å². The predicted octanol–water partition coefficient (Wildman–Crippen LogP) is 4.73. The highest BCUT2D eigenvalue weighted by molar-refractivity contribution is 9.10. The topological polar surface area (TPSA) is 42.2 Å². The number of hydrogen-bond donors (Lipinski definition) is 0. The van der Waals surface area contributed by atoms with E-state index in [0.29, 0.717) is 24.5 Å². The number of nitriles is 1. The van der Waals surface area contributed by atoms with E-state index in [1.54, 1.807) is 12.1 Å². The second-order valence-electron chi connectivity index (χ2n) is 4.84. The van der Waals surface area contributed by atoms with Gasteiger partial charge in [-0.15, -0.1) is 0 Å². The smallest absolute Gasteiger partial charge is 0.137 e. The third kappa shape index (κ3) is 4.78. The van der Waals surface area contributed by atoms with Crippen molar-refractivity contribution in [3.63, 3.8) is 0 Å². The highest BCUT2D eigenvalue weighted by Gasteiger charge is 2.04. The molecule has 0 aromatic heterocycles. The third-order valence-electron chi connectivity index (χ3n) is 3.13. The van der Waals surface area contributed by atoms with Crippen LogP contribution in [-0.4, -0.2) is 13.2 Å². The van der Waals surface area contributed by atoms with Crippen molar-refractivity contribution < 1.29 is 9.47 Å². The van der Waals surface area contributed by atoms with Gasteiger partial charge in [-0.3, -0.25) is 0 Å². The Morgan fingerprint density at radius 3 is 2.45 bits per heavy atom.